The smallest absolute Gasteiger partial charge is 0.345 e. The molecule has 0 fully saturated rings. The highest BCUT2D eigenvalue weighted by molar-refractivity contribution is 8.13. The van der Waals surface area contributed by atoms with E-state index in [1.807, 2.05) is 62.4 Å². The van der Waals surface area contributed by atoms with Gasteiger partial charge in [0.25, 0.3) is 11.1 Å². The van der Waals surface area contributed by atoms with Gasteiger partial charge in [0, 0.05) is 35.3 Å². The van der Waals surface area contributed by atoms with Crippen LogP contribution in [0.3, 0.4) is 0 Å². The number of nitrogens with one attached hydrogen (secondary N) is 1. The van der Waals surface area contributed by atoms with E-state index in [1.165, 1.54) is 28.8 Å². The first-order chi connectivity index (χ1) is 22.7. The van der Waals surface area contributed by atoms with Gasteiger partial charge in [-0.1, -0.05) is 66.7 Å². The molecule has 2 N–H and O–H groups in total. The molecule has 0 saturated carbocycles. The molecule has 6 rings (SSSR count). The average molecular weight is 645 g/mol. The van der Waals surface area contributed by atoms with Crippen LogP contribution in [0.5, 0.6) is 11.5 Å². The molecular weight excluding hydrogens is 616 g/mol. The van der Waals surface area contributed by atoms with Gasteiger partial charge in [-0.25, -0.2) is 4.79 Å². The Morgan fingerprint density at radius 1 is 0.851 bits per heavy atom. The number of hydrogen-bond acceptors (Lipinski definition) is 9. The number of aromatic hydroxyl groups is 1. The highest BCUT2D eigenvalue weighted by atomic mass is 32.2. The van der Waals surface area contributed by atoms with Crippen LogP contribution in [0.4, 0.5) is 16.2 Å². The van der Waals surface area contributed by atoms with Crippen LogP contribution < -0.4 is 15.0 Å². The number of anilines is 2. The third kappa shape index (κ3) is 6.40. The van der Waals surface area contributed by atoms with Crippen LogP contribution in [0.15, 0.2) is 108 Å². The molecule has 1 heterocycles. The fourth-order valence-electron chi connectivity index (χ4n) is 4.96. The summed E-state index contributed by atoms with van der Waals surface area (Å²) in [5, 5.41) is 26.2. The summed E-state index contributed by atoms with van der Waals surface area (Å²) in [5.41, 5.74) is 3.40. The molecule has 47 heavy (non-hydrogen) atoms. The Balaban J connectivity index is 1.28. The van der Waals surface area contributed by atoms with Crippen molar-refractivity contribution in [3.8, 4) is 17.2 Å². The van der Waals surface area contributed by atoms with Crippen molar-refractivity contribution in [1.29, 1.82) is 0 Å². The summed E-state index contributed by atoms with van der Waals surface area (Å²) >= 11 is 0.800. The molecule has 6 aromatic rings. The Bertz CT molecular complexity index is 2150. The minimum absolute atomic E-state index is 0.0645. The van der Waals surface area contributed by atoms with Gasteiger partial charge >= 0.3 is 5.97 Å². The molecule has 0 radical (unpaired) electrons. The third-order valence-electron chi connectivity index (χ3n) is 7.45. The van der Waals surface area contributed by atoms with Crippen LogP contribution in [0.2, 0.25) is 0 Å². The predicted octanol–water partition coefficient (Wildman–Crippen LogP) is 6.96. The van der Waals surface area contributed by atoms with Crippen molar-refractivity contribution >= 4 is 51.0 Å². The van der Waals surface area contributed by atoms with Crippen LogP contribution in [0.25, 0.3) is 16.5 Å². The van der Waals surface area contributed by atoms with Gasteiger partial charge in [0.05, 0.1) is 22.5 Å². The topological polar surface area (TPSA) is 140 Å². The van der Waals surface area contributed by atoms with Crippen molar-refractivity contribution in [1.82, 2.24) is 20.2 Å². The number of phenolic OH excluding ortho intramolecular Hbond substituents is 1. The lowest BCUT2D eigenvalue weighted by atomic mass is 10.0. The van der Waals surface area contributed by atoms with Crippen LogP contribution >= 0.6 is 11.8 Å². The lowest BCUT2D eigenvalue weighted by Crippen LogP contribution is -2.25. The van der Waals surface area contributed by atoms with Gasteiger partial charge in [0.15, 0.2) is 0 Å². The van der Waals surface area contributed by atoms with E-state index >= 15 is 0 Å². The van der Waals surface area contributed by atoms with Crippen LogP contribution in [0.1, 0.15) is 31.8 Å². The van der Waals surface area contributed by atoms with E-state index in [4.69, 9.17) is 4.74 Å². The third-order valence-corrected chi connectivity index (χ3v) is 8.33. The Morgan fingerprint density at radius 3 is 2.34 bits per heavy atom. The van der Waals surface area contributed by atoms with Crippen LogP contribution in [0, 0.1) is 13.8 Å². The largest absolute Gasteiger partial charge is 0.506 e. The van der Waals surface area contributed by atoms with E-state index in [0.29, 0.717) is 22.1 Å². The molecule has 0 bridgehead atoms. The summed E-state index contributed by atoms with van der Waals surface area (Å²) in [6.45, 7) is 3.78. The summed E-state index contributed by atoms with van der Waals surface area (Å²) in [6, 6.07) is 29.4. The zero-order valence-corrected chi connectivity index (χ0v) is 26.4. The summed E-state index contributed by atoms with van der Waals surface area (Å²) in [5.74, 6) is -1.52. The molecule has 0 aliphatic heterocycles. The number of carbonyl (C=O) groups is 3. The van der Waals surface area contributed by atoms with Crippen molar-refractivity contribution in [2.45, 2.75) is 19.0 Å². The second-order valence-electron chi connectivity index (χ2n) is 10.6. The number of hydrogen-bond donors (Lipinski definition) is 2. The van der Waals surface area contributed by atoms with E-state index in [-0.39, 0.29) is 33.5 Å². The van der Waals surface area contributed by atoms with E-state index < -0.39 is 17.1 Å². The number of aromatic nitrogens is 4. The molecule has 0 aliphatic carbocycles. The van der Waals surface area contributed by atoms with E-state index in [0.717, 1.165) is 22.9 Å². The van der Waals surface area contributed by atoms with Crippen molar-refractivity contribution in [3.63, 3.8) is 0 Å². The number of rotatable bonds is 7. The average Bonchev–Trinajstić information content (AvgIpc) is 3.55. The van der Waals surface area contributed by atoms with E-state index in [2.05, 4.69) is 20.8 Å². The number of esters is 1. The minimum atomic E-state index is -0.768. The van der Waals surface area contributed by atoms with Crippen molar-refractivity contribution < 1.29 is 24.2 Å². The number of phenols is 1. The second kappa shape index (κ2) is 13.2. The first kappa shape index (κ1) is 31.0. The first-order valence-corrected chi connectivity index (χ1v) is 15.3. The first-order valence-electron chi connectivity index (χ1n) is 14.4. The molecule has 11 nitrogen and oxygen atoms in total. The molecule has 0 spiro atoms. The molecule has 5 aromatic carbocycles. The molecule has 2 amide bonds. The number of benzene rings is 5. The number of fused-ring (bicyclic) bond motifs is 1. The number of thioether (sulfide) groups is 1. The Kier molecular flexibility index (Phi) is 8.67. The predicted molar refractivity (Wildman–Crippen MR) is 180 cm³/mol. The maximum atomic E-state index is 13.7. The number of aryl methyl sites for hydroxylation is 2. The van der Waals surface area contributed by atoms with Crippen molar-refractivity contribution in [3.05, 3.63) is 125 Å². The quantitative estimate of drug-likeness (QED) is 0.107. The van der Waals surface area contributed by atoms with Crippen molar-refractivity contribution in [2.24, 2.45) is 0 Å². The fourth-order valence-corrected chi connectivity index (χ4v) is 5.65. The minimum Gasteiger partial charge on any atom is -0.506 e. The molecule has 0 unspecified atom stereocenters. The summed E-state index contributed by atoms with van der Waals surface area (Å²) in [4.78, 5) is 41.9. The number of nitrogens with zero attached hydrogens (tertiary/aromatic N) is 5. The molecule has 234 valence electrons. The van der Waals surface area contributed by atoms with Gasteiger partial charge in [-0.05, 0) is 71.8 Å². The summed E-state index contributed by atoms with van der Waals surface area (Å²) in [7, 11) is 1.53. The lowest BCUT2D eigenvalue weighted by molar-refractivity contribution is 0.0736. The standard InChI is InChI=1S/C35H28N6O5S/c1-21-17-18-22(2)28(19-21)36-32(43)27-20-30(24-13-7-8-14-25(24)31(27)42)46-33(44)26-15-9-10-16-29(26)40(3)35(45)47-34-37-38-39-41(34)23-11-5-4-6-12-23/h4-20,42H,1-3H3,(H,36,43). The fraction of sp³-hybridized carbons (Fsp3) is 0.0857. The van der Waals surface area contributed by atoms with Gasteiger partial charge in [0.2, 0.25) is 5.16 Å². The van der Waals surface area contributed by atoms with Gasteiger partial charge in [-0.3, -0.25) is 9.59 Å². The maximum absolute atomic E-state index is 13.7. The number of amides is 2. The Labute approximate surface area is 273 Å². The normalized spacial score (nSPS) is 10.9. The second-order valence-corrected chi connectivity index (χ2v) is 11.5. The molecule has 1 aromatic heterocycles. The monoisotopic (exact) mass is 644 g/mol. The van der Waals surface area contributed by atoms with E-state index in [9.17, 15) is 19.5 Å². The Hall–Kier alpha value is -6.01. The van der Waals surface area contributed by atoms with Crippen molar-refractivity contribution in [2.75, 3.05) is 17.3 Å². The molecule has 0 aliphatic rings. The van der Waals surface area contributed by atoms with Gasteiger partial charge < -0.3 is 20.1 Å². The molecule has 0 atom stereocenters. The molecular formula is C35H28N6O5S. The zero-order chi connectivity index (χ0) is 33.1. The van der Waals surface area contributed by atoms with Crippen LogP contribution in [-0.4, -0.2) is 49.5 Å². The SMILES string of the molecule is Cc1ccc(C)c(NC(=O)c2cc(OC(=O)c3ccccc3N(C)C(=O)Sc3nnnn3-c3ccccc3)c3ccccc3c2O)c1. The lowest BCUT2D eigenvalue weighted by Gasteiger charge is -2.20. The number of para-hydroxylation sites is 2. The summed E-state index contributed by atoms with van der Waals surface area (Å²) < 4.78 is 7.34. The molecule has 0 saturated heterocycles. The maximum Gasteiger partial charge on any atom is 0.345 e. The highest BCUT2D eigenvalue weighted by Gasteiger charge is 2.25. The summed E-state index contributed by atoms with van der Waals surface area (Å²) in [6.07, 6.45) is 0. The van der Waals surface area contributed by atoms with Gasteiger partial charge in [-0.15, -0.1) is 5.10 Å². The van der Waals surface area contributed by atoms with Gasteiger partial charge in [-0.2, -0.15) is 4.68 Å². The van der Waals surface area contributed by atoms with Crippen LogP contribution in [-0.2, 0) is 0 Å². The molecule has 12 heteroatoms. The zero-order valence-electron chi connectivity index (χ0n) is 25.5. The van der Waals surface area contributed by atoms with Gasteiger partial charge in [0.1, 0.15) is 11.5 Å². The Morgan fingerprint density at radius 2 is 1.55 bits per heavy atom. The number of tetrazole rings is 1. The number of carbonyl (C=O) groups excluding carboxylic acids is 3. The van der Waals surface area contributed by atoms with E-state index in [1.54, 1.807) is 42.5 Å². The number of ether oxygens (including phenoxy) is 1. The highest BCUT2D eigenvalue weighted by Crippen LogP contribution is 2.37.